The monoisotopic (exact) mass is 265 g/mol. The van der Waals surface area contributed by atoms with Crippen molar-refractivity contribution >= 4 is 16.3 Å². The van der Waals surface area contributed by atoms with E-state index in [1.165, 1.54) is 7.05 Å². The van der Waals surface area contributed by atoms with Crippen molar-refractivity contribution in [3.05, 3.63) is 0 Å². The van der Waals surface area contributed by atoms with E-state index in [1.807, 2.05) is 4.72 Å². The lowest BCUT2D eigenvalue weighted by Crippen LogP contribution is -2.47. The lowest BCUT2D eigenvalue weighted by Gasteiger charge is -2.23. The van der Waals surface area contributed by atoms with Gasteiger partial charge in [-0.3, -0.25) is 0 Å². The molecule has 1 heterocycles. The number of carbonyl (C=O) groups is 1. The van der Waals surface area contributed by atoms with Crippen molar-refractivity contribution in [2.24, 2.45) is 0 Å². The van der Waals surface area contributed by atoms with Gasteiger partial charge in [-0.2, -0.15) is 12.7 Å². The quantitative estimate of drug-likeness (QED) is 0.726. The lowest BCUT2D eigenvalue weighted by molar-refractivity contribution is 0.121. The van der Waals surface area contributed by atoms with Gasteiger partial charge < -0.3 is 10.1 Å². The van der Waals surface area contributed by atoms with E-state index in [4.69, 9.17) is 4.74 Å². The number of rotatable bonds is 4. The van der Waals surface area contributed by atoms with Crippen LogP contribution in [-0.2, 0) is 14.9 Å². The van der Waals surface area contributed by atoms with Gasteiger partial charge in [-0.05, 0) is 26.8 Å². The van der Waals surface area contributed by atoms with Crippen LogP contribution in [0.4, 0.5) is 4.79 Å². The second-order valence-corrected chi connectivity index (χ2v) is 5.95. The van der Waals surface area contributed by atoms with Crippen LogP contribution in [0.5, 0.6) is 0 Å². The fourth-order valence-electron chi connectivity index (χ4n) is 1.56. The molecule has 1 amide bonds. The third kappa shape index (κ3) is 4.14. The molecule has 0 radical (unpaired) electrons. The van der Waals surface area contributed by atoms with Crippen LogP contribution in [0.15, 0.2) is 0 Å². The molecule has 0 bridgehead atoms. The second-order valence-electron chi connectivity index (χ2n) is 4.22. The van der Waals surface area contributed by atoms with Crippen molar-refractivity contribution in [2.45, 2.75) is 32.4 Å². The lowest BCUT2D eigenvalue weighted by atomic mass is 10.3. The number of nitrogens with zero attached hydrogens (tertiary/aromatic N) is 1. The van der Waals surface area contributed by atoms with Crippen LogP contribution in [0, 0.1) is 0 Å². The van der Waals surface area contributed by atoms with E-state index in [9.17, 15) is 13.2 Å². The van der Waals surface area contributed by atoms with E-state index in [0.717, 1.165) is 17.3 Å². The Hall–Kier alpha value is -0.860. The molecule has 17 heavy (non-hydrogen) atoms. The number of nitrogens with one attached hydrogen (secondary N) is 2. The van der Waals surface area contributed by atoms with Gasteiger partial charge in [0.2, 0.25) is 0 Å². The number of amides is 1. The summed E-state index contributed by atoms with van der Waals surface area (Å²) >= 11 is 0. The van der Waals surface area contributed by atoms with E-state index < -0.39 is 16.3 Å². The van der Waals surface area contributed by atoms with Gasteiger partial charge in [0.05, 0.1) is 6.10 Å². The van der Waals surface area contributed by atoms with Crippen LogP contribution in [0.25, 0.3) is 0 Å². The highest BCUT2D eigenvalue weighted by Crippen LogP contribution is 2.09. The first-order valence-corrected chi connectivity index (χ1v) is 6.94. The van der Waals surface area contributed by atoms with Gasteiger partial charge in [-0.25, -0.2) is 9.52 Å². The van der Waals surface area contributed by atoms with Crippen LogP contribution in [0.1, 0.15) is 20.3 Å². The fourth-order valence-corrected chi connectivity index (χ4v) is 2.54. The van der Waals surface area contributed by atoms with Crippen molar-refractivity contribution in [1.29, 1.82) is 0 Å². The van der Waals surface area contributed by atoms with Crippen molar-refractivity contribution in [1.82, 2.24) is 14.3 Å². The van der Waals surface area contributed by atoms with Gasteiger partial charge in [-0.1, -0.05) is 0 Å². The zero-order valence-electron chi connectivity index (χ0n) is 10.3. The molecule has 100 valence electrons. The molecular formula is C9H19N3O4S. The average Bonchev–Trinajstić information content (AvgIpc) is 2.66. The summed E-state index contributed by atoms with van der Waals surface area (Å²) in [5.74, 6) is 0. The van der Waals surface area contributed by atoms with Crippen LogP contribution in [-0.4, -0.2) is 51.1 Å². The Morgan fingerprint density at radius 2 is 2.18 bits per heavy atom. The molecule has 1 rings (SSSR count). The van der Waals surface area contributed by atoms with E-state index >= 15 is 0 Å². The molecule has 1 aliphatic heterocycles. The predicted molar refractivity (Wildman–Crippen MR) is 62.7 cm³/mol. The Bertz CT molecular complexity index is 362. The van der Waals surface area contributed by atoms with Gasteiger partial charge >= 0.3 is 16.3 Å². The maximum atomic E-state index is 11.8. The summed E-state index contributed by atoms with van der Waals surface area (Å²) in [4.78, 5) is 11.2. The maximum absolute atomic E-state index is 11.8. The van der Waals surface area contributed by atoms with Crippen molar-refractivity contribution < 1.29 is 17.9 Å². The highest BCUT2D eigenvalue weighted by molar-refractivity contribution is 7.87. The first-order chi connectivity index (χ1) is 7.83. The molecule has 0 spiro atoms. The number of hydrogen-bond acceptors (Lipinski definition) is 5. The molecule has 2 N–H and O–H groups in total. The molecule has 0 aromatic heterocycles. The summed E-state index contributed by atoms with van der Waals surface area (Å²) in [6.45, 7) is 4.67. The summed E-state index contributed by atoms with van der Waals surface area (Å²) in [6.07, 6.45) is -0.571. The largest absolute Gasteiger partial charge is 0.446 e. The molecule has 0 aromatic rings. The first kappa shape index (κ1) is 14.2. The SMILES string of the molecule is CC(C)OC(=O)NS(=O)(=O)N(C)C1CCNC1. The predicted octanol–water partition coefficient (Wildman–Crippen LogP) is -0.340. The number of ether oxygens (including phenoxy) is 1. The number of carbonyl (C=O) groups excluding carboxylic acids is 1. The summed E-state index contributed by atoms with van der Waals surface area (Å²) in [6, 6.07) is -0.126. The standard InChI is InChI=1S/C9H19N3O4S/c1-7(2)16-9(13)11-17(14,15)12(3)8-4-5-10-6-8/h7-8,10H,4-6H2,1-3H3,(H,11,13). The Morgan fingerprint density at radius 3 is 2.65 bits per heavy atom. The molecule has 8 heteroatoms. The smallest absolute Gasteiger partial charge is 0.422 e. The van der Waals surface area contributed by atoms with E-state index in [2.05, 4.69) is 5.32 Å². The molecule has 0 aliphatic carbocycles. The molecular weight excluding hydrogens is 246 g/mol. The maximum Gasteiger partial charge on any atom is 0.422 e. The Labute approximate surface area is 102 Å². The molecule has 1 atom stereocenters. The highest BCUT2D eigenvalue weighted by atomic mass is 32.2. The van der Waals surface area contributed by atoms with Gasteiger partial charge in [0, 0.05) is 19.6 Å². The van der Waals surface area contributed by atoms with E-state index in [-0.39, 0.29) is 12.1 Å². The summed E-state index contributed by atoms with van der Waals surface area (Å²) < 4.78 is 31.4. The van der Waals surface area contributed by atoms with Gasteiger partial charge in [0.25, 0.3) is 0 Å². The average molecular weight is 265 g/mol. The van der Waals surface area contributed by atoms with Crippen molar-refractivity contribution in [3.63, 3.8) is 0 Å². The Kier molecular flexibility index (Phi) is 4.72. The van der Waals surface area contributed by atoms with Crippen LogP contribution in [0.2, 0.25) is 0 Å². The minimum atomic E-state index is -3.82. The molecule has 0 saturated carbocycles. The highest BCUT2D eigenvalue weighted by Gasteiger charge is 2.30. The molecule has 1 unspecified atom stereocenters. The summed E-state index contributed by atoms with van der Waals surface area (Å²) in [5, 5.41) is 3.06. The zero-order chi connectivity index (χ0) is 13.1. The third-order valence-corrected chi connectivity index (χ3v) is 3.96. The van der Waals surface area contributed by atoms with Crippen LogP contribution >= 0.6 is 0 Å². The minimum Gasteiger partial charge on any atom is -0.446 e. The third-order valence-electron chi connectivity index (χ3n) is 2.48. The minimum absolute atomic E-state index is 0.126. The Morgan fingerprint density at radius 1 is 1.53 bits per heavy atom. The molecule has 1 saturated heterocycles. The van der Waals surface area contributed by atoms with Gasteiger partial charge in [-0.15, -0.1) is 0 Å². The second kappa shape index (κ2) is 5.65. The van der Waals surface area contributed by atoms with Gasteiger partial charge in [0.1, 0.15) is 0 Å². The fraction of sp³-hybridized carbons (Fsp3) is 0.889. The molecule has 7 nitrogen and oxygen atoms in total. The molecule has 1 fully saturated rings. The van der Waals surface area contributed by atoms with Crippen molar-refractivity contribution in [3.8, 4) is 0 Å². The normalized spacial score (nSPS) is 20.9. The van der Waals surface area contributed by atoms with Crippen LogP contribution < -0.4 is 10.0 Å². The first-order valence-electron chi connectivity index (χ1n) is 5.50. The topological polar surface area (TPSA) is 87.7 Å². The van der Waals surface area contributed by atoms with Crippen molar-refractivity contribution in [2.75, 3.05) is 20.1 Å². The summed E-state index contributed by atoms with van der Waals surface area (Å²) in [5.41, 5.74) is 0. The zero-order valence-corrected chi connectivity index (χ0v) is 11.1. The Balaban J connectivity index is 2.58. The molecule has 1 aliphatic rings. The van der Waals surface area contributed by atoms with Gasteiger partial charge in [0.15, 0.2) is 0 Å². The van der Waals surface area contributed by atoms with E-state index in [0.29, 0.717) is 6.54 Å². The molecule has 0 aromatic carbocycles. The summed E-state index contributed by atoms with van der Waals surface area (Å²) in [7, 11) is -2.37. The van der Waals surface area contributed by atoms with E-state index in [1.54, 1.807) is 13.8 Å². The number of likely N-dealkylation sites (N-methyl/N-ethyl adjacent to an activating group) is 1. The van der Waals surface area contributed by atoms with Crippen LogP contribution in [0.3, 0.4) is 0 Å². The number of hydrogen-bond donors (Lipinski definition) is 2.